The van der Waals surface area contributed by atoms with Crippen LogP contribution in [0.15, 0.2) is 78.9 Å². The molecular weight excluding hydrogens is 410 g/mol. The lowest BCUT2D eigenvalue weighted by molar-refractivity contribution is -0.384. The third kappa shape index (κ3) is 4.46. The Morgan fingerprint density at radius 1 is 1.03 bits per heavy atom. The monoisotopic (exact) mass is 429 g/mol. The summed E-state index contributed by atoms with van der Waals surface area (Å²) in [7, 11) is 1.58. The van der Waals surface area contributed by atoms with Crippen molar-refractivity contribution in [3.05, 3.63) is 100 Å². The molecule has 0 atom stereocenters. The summed E-state index contributed by atoms with van der Waals surface area (Å²) in [4.78, 5) is 28.0. The van der Waals surface area contributed by atoms with Gasteiger partial charge in [-0.15, -0.1) is 5.10 Å². The van der Waals surface area contributed by atoms with Crippen LogP contribution in [-0.4, -0.2) is 32.7 Å². The van der Waals surface area contributed by atoms with Crippen LogP contribution in [0.4, 0.5) is 11.6 Å². The number of nitro groups is 1. The highest BCUT2D eigenvalue weighted by molar-refractivity contribution is 5.97. The molecule has 160 valence electrons. The normalized spacial score (nSPS) is 10.5. The van der Waals surface area contributed by atoms with Crippen molar-refractivity contribution < 1.29 is 14.5 Å². The maximum atomic E-state index is 13.1. The van der Waals surface area contributed by atoms with Crippen molar-refractivity contribution in [1.29, 1.82) is 0 Å². The summed E-state index contributed by atoms with van der Waals surface area (Å²) in [6, 6.07) is 22.2. The second-order valence-electron chi connectivity index (χ2n) is 6.85. The predicted octanol–water partition coefficient (Wildman–Crippen LogP) is 4.16. The van der Waals surface area contributed by atoms with Gasteiger partial charge in [0.05, 0.1) is 12.0 Å². The molecule has 0 radical (unpaired) electrons. The van der Waals surface area contributed by atoms with E-state index in [-0.39, 0.29) is 17.2 Å². The molecule has 0 aliphatic carbocycles. The number of nitrogens with zero attached hydrogens (tertiary/aromatic N) is 4. The largest absolute Gasteiger partial charge is 0.497 e. The molecule has 9 heteroatoms. The highest BCUT2D eigenvalue weighted by atomic mass is 16.6. The van der Waals surface area contributed by atoms with Gasteiger partial charge in [-0.3, -0.25) is 14.9 Å². The van der Waals surface area contributed by atoms with Gasteiger partial charge in [0.2, 0.25) is 5.95 Å². The van der Waals surface area contributed by atoms with Crippen LogP contribution in [0.2, 0.25) is 0 Å². The van der Waals surface area contributed by atoms with Crippen LogP contribution < -0.4 is 10.1 Å². The molecule has 0 spiro atoms. The molecule has 4 rings (SSSR count). The number of carbonyl (C=O) groups is 1. The topological polar surface area (TPSA) is 112 Å². The molecule has 4 aromatic rings. The SMILES string of the molecule is COc1ccc(-c2nc(NCc3ccccc3)n(C(=O)c3ccc([N+](=O)[O-])cc3)n2)cc1. The maximum absolute atomic E-state index is 13.1. The van der Waals surface area contributed by atoms with Crippen molar-refractivity contribution in [2.75, 3.05) is 12.4 Å². The van der Waals surface area contributed by atoms with Crippen LogP contribution in [0.3, 0.4) is 0 Å². The van der Waals surface area contributed by atoms with Crippen LogP contribution in [0.1, 0.15) is 15.9 Å². The average Bonchev–Trinajstić information content (AvgIpc) is 3.27. The molecule has 1 heterocycles. The Kier molecular flexibility index (Phi) is 5.89. The molecule has 0 aliphatic heterocycles. The minimum Gasteiger partial charge on any atom is -0.497 e. The van der Waals surface area contributed by atoms with Gasteiger partial charge < -0.3 is 10.1 Å². The number of non-ortho nitro benzene ring substituents is 1. The number of carbonyl (C=O) groups excluding carboxylic acids is 1. The summed E-state index contributed by atoms with van der Waals surface area (Å²) in [5.41, 5.74) is 1.88. The lowest BCUT2D eigenvalue weighted by Crippen LogP contribution is -2.17. The van der Waals surface area contributed by atoms with E-state index in [1.54, 1.807) is 31.4 Å². The van der Waals surface area contributed by atoms with Gasteiger partial charge in [0.1, 0.15) is 5.75 Å². The number of methoxy groups -OCH3 is 1. The minimum absolute atomic E-state index is 0.0958. The van der Waals surface area contributed by atoms with Crippen LogP contribution >= 0.6 is 0 Å². The number of anilines is 1. The standard InChI is InChI=1S/C23H19N5O4/c1-32-20-13-9-17(10-14-20)21-25-23(24-15-16-5-3-2-4-6-16)27(26-21)22(29)18-7-11-19(12-8-18)28(30)31/h2-14H,15H2,1H3,(H,24,25,26). The Morgan fingerprint density at radius 3 is 2.34 bits per heavy atom. The minimum atomic E-state index is -0.516. The quantitative estimate of drug-likeness (QED) is 0.347. The molecule has 0 aliphatic rings. The number of hydrogen-bond donors (Lipinski definition) is 1. The number of aromatic nitrogens is 3. The highest BCUT2D eigenvalue weighted by Gasteiger charge is 2.19. The van der Waals surface area contributed by atoms with E-state index < -0.39 is 10.8 Å². The first kappa shape index (κ1) is 20.7. The van der Waals surface area contributed by atoms with Crippen molar-refractivity contribution in [2.24, 2.45) is 0 Å². The van der Waals surface area contributed by atoms with Gasteiger partial charge in [-0.25, -0.2) is 0 Å². The molecule has 1 aromatic heterocycles. The summed E-state index contributed by atoms with van der Waals surface area (Å²) >= 11 is 0. The van der Waals surface area contributed by atoms with Gasteiger partial charge in [-0.05, 0) is 42.0 Å². The Morgan fingerprint density at radius 2 is 1.72 bits per heavy atom. The fraction of sp³-hybridized carbons (Fsp3) is 0.0870. The van der Waals surface area contributed by atoms with Crippen LogP contribution in [0.25, 0.3) is 11.4 Å². The third-order valence-corrected chi connectivity index (χ3v) is 4.77. The van der Waals surface area contributed by atoms with Crippen LogP contribution in [0.5, 0.6) is 5.75 Å². The molecule has 32 heavy (non-hydrogen) atoms. The number of benzene rings is 3. The molecule has 0 saturated carbocycles. The van der Waals surface area contributed by atoms with Crippen molar-refractivity contribution in [1.82, 2.24) is 14.8 Å². The Balaban J connectivity index is 1.68. The van der Waals surface area contributed by atoms with E-state index in [0.717, 1.165) is 5.56 Å². The Bertz CT molecular complexity index is 1240. The number of rotatable bonds is 7. The molecule has 0 fully saturated rings. The van der Waals surface area contributed by atoms with E-state index in [9.17, 15) is 14.9 Å². The zero-order valence-electron chi connectivity index (χ0n) is 17.1. The van der Waals surface area contributed by atoms with E-state index in [2.05, 4.69) is 15.4 Å². The van der Waals surface area contributed by atoms with E-state index >= 15 is 0 Å². The van der Waals surface area contributed by atoms with Gasteiger partial charge in [0.15, 0.2) is 5.82 Å². The molecule has 0 bridgehead atoms. The highest BCUT2D eigenvalue weighted by Crippen LogP contribution is 2.22. The molecule has 9 nitrogen and oxygen atoms in total. The summed E-state index contributed by atoms with van der Waals surface area (Å²) in [6.45, 7) is 0.440. The third-order valence-electron chi connectivity index (χ3n) is 4.77. The number of ether oxygens (including phenoxy) is 1. The van der Waals surface area contributed by atoms with E-state index in [4.69, 9.17) is 4.74 Å². The van der Waals surface area contributed by atoms with Gasteiger partial charge in [-0.1, -0.05) is 30.3 Å². The van der Waals surface area contributed by atoms with E-state index in [1.807, 2.05) is 30.3 Å². The predicted molar refractivity (Wildman–Crippen MR) is 119 cm³/mol. The van der Waals surface area contributed by atoms with Crippen LogP contribution in [0, 0.1) is 10.1 Å². The lowest BCUT2D eigenvalue weighted by Gasteiger charge is -2.07. The first-order valence-corrected chi connectivity index (χ1v) is 9.73. The van der Waals surface area contributed by atoms with Gasteiger partial charge >= 0.3 is 0 Å². The zero-order valence-corrected chi connectivity index (χ0v) is 17.1. The number of hydrogen-bond acceptors (Lipinski definition) is 7. The lowest BCUT2D eigenvalue weighted by atomic mass is 10.2. The molecule has 1 N–H and O–H groups in total. The molecule has 3 aromatic carbocycles. The fourth-order valence-electron chi connectivity index (χ4n) is 3.06. The second kappa shape index (κ2) is 9.09. The average molecular weight is 429 g/mol. The van der Waals surface area contributed by atoms with Crippen molar-refractivity contribution in [2.45, 2.75) is 6.54 Å². The van der Waals surface area contributed by atoms with Crippen molar-refractivity contribution >= 4 is 17.5 Å². The van der Waals surface area contributed by atoms with Gasteiger partial charge in [0.25, 0.3) is 11.6 Å². The fourth-order valence-corrected chi connectivity index (χ4v) is 3.06. The molecular formula is C23H19N5O4. The number of nitrogens with one attached hydrogen (secondary N) is 1. The molecule has 0 saturated heterocycles. The first-order valence-electron chi connectivity index (χ1n) is 9.73. The van der Waals surface area contributed by atoms with Gasteiger partial charge in [0, 0.05) is 29.8 Å². The van der Waals surface area contributed by atoms with Crippen LogP contribution in [-0.2, 0) is 6.54 Å². The zero-order chi connectivity index (χ0) is 22.5. The second-order valence-corrected chi connectivity index (χ2v) is 6.85. The Labute approximate surface area is 183 Å². The maximum Gasteiger partial charge on any atom is 0.281 e. The molecule has 0 amide bonds. The van der Waals surface area contributed by atoms with Crippen molar-refractivity contribution in [3.8, 4) is 17.1 Å². The summed E-state index contributed by atoms with van der Waals surface area (Å²) < 4.78 is 6.35. The summed E-state index contributed by atoms with van der Waals surface area (Å²) in [5, 5.41) is 18.5. The summed E-state index contributed by atoms with van der Waals surface area (Å²) in [5.74, 6) is 0.863. The van der Waals surface area contributed by atoms with Gasteiger partial charge in [-0.2, -0.15) is 9.67 Å². The van der Waals surface area contributed by atoms with E-state index in [1.165, 1.54) is 28.9 Å². The molecule has 0 unspecified atom stereocenters. The smallest absolute Gasteiger partial charge is 0.281 e. The number of nitro benzene ring substituents is 1. The van der Waals surface area contributed by atoms with E-state index in [0.29, 0.717) is 23.7 Å². The first-order chi connectivity index (χ1) is 15.5. The Hall–Kier alpha value is -4.53. The summed E-state index contributed by atoms with van der Waals surface area (Å²) in [6.07, 6.45) is 0. The van der Waals surface area contributed by atoms with Crippen molar-refractivity contribution in [3.63, 3.8) is 0 Å².